The van der Waals surface area contributed by atoms with E-state index >= 15 is 0 Å². The van der Waals surface area contributed by atoms with Gasteiger partial charge in [-0.1, -0.05) is 48.5 Å². The van der Waals surface area contributed by atoms with Crippen LogP contribution >= 0.6 is 0 Å². The van der Waals surface area contributed by atoms with E-state index in [0.717, 1.165) is 11.3 Å². The molecule has 0 saturated carbocycles. The van der Waals surface area contributed by atoms with Crippen LogP contribution < -0.4 is 0 Å². The molecule has 0 amide bonds. The number of nitrogens with zero attached hydrogens (tertiary/aromatic N) is 2. The number of rotatable bonds is 2. The summed E-state index contributed by atoms with van der Waals surface area (Å²) in [5, 5.41) is 21.7. The molecule has 3 rings (SSSR count). The number of hydrogen-bond acceptors (Lipinski definition) is 4. The molecule has 0 radical (unpaired) electrons. The van der Waals surface area contributed by atoms with Gasteiger partial charge in [-0.05, 0) is 25.5 Å². The predicted molar refractivity (Wildman–Crippen MR) is 81.5 cm³/mol. The minimum absolute atomic E-state index is 0.135. The molecule has 0 spiro atoms. The van der Waals surface area contributed by atoms with Gasteiger partial charge in [0.2, 0.25) is 0 Å². The lowest BCUT2D eigenvalue weighted by Crippen LogP contribution is -2.44. The third kappa shape index (κ3) is 2.22. The second-order valence-electron chi connectivity index (χ2n) is 5.68. The Morgan fingerprint density at radius 2 is 1.62 bits per heavy atom. The molecule has 0 aliphatic carbocycles. The number of hydroxylamine groups is 2. The molecule has 21 heavy (non-hydrogen) atoms. The molecule has 0 saturated heterocycles. The molecule has 0 bridgehead atoms. The van der Waals surface area contributed by atoms with Crippen LogP contribution in [0.15, 0.2) is 59.6 Å². The number of hydrogen-bond donors (Lipinski definition) is 2. The molecule has 1 aliphatic heterocycles. The molecule has 108 valence electrons. The summed E-state index contributed by atoms with van der Waals surface area (Å²) in [6.07, 6.45) is -0.601. The molecule has 0 unspecified atom stereocenters. The fourth-order valence-corrected chi connectivity index (χ4v) is 2.68. The van der Waals surface area contributed by atoms with Gasteiger partial charge in [-0.15, -0.1) is 0 Å². The fraction of sp³-hybridized carbons (Fsp3) is 0.235. The van der Waals surface area contributed by atoms with Gasteiger partial charge in [0.15, 0.2) is 6.17 Å². The lowest BCUT2D eigenvalue weighted by atomic mass is 9.93. The largest absolute Gasteiger partial charge is 0.508 e. The monoisotopic (exact) mass is 282 g/mol. The maximum Gasteiger partial charge on any atom is 0.155 e. The zero-order chi connectivity index (χ0) is 15.0. The van der Waals surface area contributed by atoms with Crippen LogP contribution in [0.1, 0.15) is 31.1 Å². The molecule has 0 fully saturated rings. The number of aliphatic imine (C=N–C) groups is 1. The number of aromatic hydroxyl groups is 1. The average Bonchev–Trinajstić information content (AvgIpc) is 2.72. The maximum atomic E-state index is 10.5. The first kappa shape index (κ1) is 13.8. The summed E-state index contributed by atoms with van der Waals surface area (Å²) in [6, 6.07) is 16.7. The van der Waals surface area contributed by atoms with Crippen molar-refractivity contribution in [2.45, 2.75) is 25.6 Å². The van der Waals surface area contributed by atoms with Gasteiger partial charge in [0, 0.05) is 5.56 Å². The van der Waals surface area contributed by atoms with Crippen molar-refractivity contribution in [1.29, 1.82) is 0 Å². The molecule has 1 atom stereocenters. The third-order valence-electron chi connectivity index (χ3n) is 3.90. The first-order valence-electron chi connectivity index (χ1n) is 6.91. The SMILES string of the molecule is CC1(C)C(c2ccccc2)=N[C@@H](c2ccccc2O)N1O. The Kier molecular flexibility index (Phi) is 3.27. The average molecular weight is 282 g/mol. The van der Waals surface area contributed by atoms with Crippen LogP contribution in [0, 0.1) is 0 Å². The minimum atomic E-state index is -0.631. The van der Waals surface area contributed by atoms with Crippen LogP contribution in [-0.4, -0.2) is 26.6 Å². The Balaban J connectivity index is 2.09. The van der Waals surface area contributed by atoms with Crippen molar-refractivity contribution in [2.24, 2.45) is 4.99 Å². The Hall–Kier alpha value is -2.17. The zero-order valence-electron chi connectivity index (χ0n) is 12.1. The second kappa shape index (κ2) is 4.98. The lowest BCUT2D eigenvalue weighted by molar-refractivity contribution is -0.159. The maximum absolute atomic E-state index is 10.5. The van der Waals surface area contributed by atoms with Crippen molar-refractivity contribution in [1.82, 2.24) is 5.06 Å². The van der Waals surface area contributed by atoms with E-state index in [-0.39, 0.29) is 5.75 Å². The van der Waals surface area contributed by atoms with Crippen LogP contribution in [0.3, 0.4) is 0 Å². The Morgan fingerprint density at radius 1 is 1.00 bits per heavy atom. The van der Waals surface area contributed by atoms with Crippen LogP contribution in [0.2, 0.25) is 0 Å². The summed E-state index contributed by atoms with van der Waals surface area (Å²) in [4.78, 5) is 4.66. The standard InChI is InChI=1S/C17H18N2O2/c1-17(2)15(12-8-4-3-5-9-12)18-16(19(17)21)13-10-6-7-11-14(13)20/h3-11,16,20-21H,1-2H3/t16-/m1/s1. The number of benzene rings is 2. The first-order valence-corrected chi connectivity index (χ1v) is 6.91. The van der Waals surface area contributed by atoms with Crippen LogP contribution in [0.25, 0.3) is 0 Å². The van der Waals surface area contributed by atoms with E-state index in [4.69, 9.17) is 0 Å². The summed E-state index contributed by atoms with van der Waals surface area (Å²) in [5.41, 5.74) is 1.74. The molecule has 4 nitrogen and oxygen atoms in total. The van der Waals surface area contributed by atoms with E-state index in [1.54, 1.807) is 18.2 Å². The minimum Gasteiger partial charge on any atom is -0.508 e. The summed E-state index contributed by atoms with van der Waals surface area (Å²) in [6.45, 7) is 3.83. The summed E-state index contributed by atoms with van der Waals surface area (Å²) in [7, 11) is 0. The van der Waals surface area contributed by atoms with Crippen LogP contribution in [0.5, 0.6) is 5.75 Å². The van der Waals surface area contributed by atoms with Gasteiger partial charge in [0.25, 0.3) is 0 Å². The fourth-order valence-electron chi connectivity index (χ4n) is 2.68. The lowest BCUT2D eigenvalue weighted by Gasteiger charge is -2.30. The summed E-state index contributed by atoms with van der Waals surface area (Å²) in [5.74, 6) is 0.135. The Bertz CT molecular complexity index is 680. The molecule has 2 N–H and O–H groups in total. The van der Waals surface area contributed by atoms with Crippen molar-refractivity contribution in [3.05, 3.63) is 65.7 Å². The predicted octanol–water partition coefficient (Wildman–Crippen LogP) is 3.36. The van der Waals surface area contributed by atoms with Gasteiger partial charge >= 0.3 is 0 Å². The third-order valence-corrected chi connectivity index (χ3v) is 3.90. The van der Waals surface area contributed by atoms with Crippen molar-refractivity contribution >= 4 is 5.71 Å². The van der Waals surface area contributed by atoms with E-state index in [2.05, 4.69) is 4.99 Å². The molecule has 1 heterocycles. The van der Waals surface area contributed by atoms with Gasteiger partial charge in [-0.2, -0.15) is 5.06 Å². The highest BCUT2D eigenvalue weighted by Gasteiger charge is 2.44. The Morgan fingerprint density at radius 3 is 2.29 bits per heavy atom. The Labute approximate surface area is 124 Å². The molecule has 0 aromatic heterocycles. The summed E-state index contributed by atoms with van der Waals surface area (Å²) < 4.78 is 0. The number of phenols is 1. The smallest absolute Gasteiger partial charge is 0.155 e. The van der Waals surface area contributed by atoms with Gasteiger partial charge in [-0.3, -0.25) is 4.99 Å². The van der Waals surface area contributed by atoms with E-state index < -0.39 is 11.7 Å². The van der Waals surface area contributed by atoms with E-state index in [1.165, 1.54) is 5.06 Å². The van der Waals surface area contributed by atoms with Gasteiger partial charge in [-0.25, -0.2) is 0 Å². The molecular weight excluding hydrogens is 264 g/mol. The van der Waals surface area contributed by atoms with Crippen LogP contribution in [-0.2, 0) is 0 Å². The number of phenolic OH excluding ortho intramolecular Hbond substituents is 1. The topological polar surface area (TPSA) is 56.1 Å². The van der Waals surface area contributed by atoms with Crippen molar-refractivity contribution < 1.29 is 10.3 Å². The van der Waals surface area contributed by atoms with Crippen molar-refractivity contribution in [2.75, 3.05) is 0 Å². The second-order valence-corrected chi connectivity index (χ2v) is 5.68. The molecular formula is C17H18N2O2. The molecule has 4 heteroatoms. The summed E-state index contributed by atoms with van der Waals surface area (Å²) >= 11 is 0. The van der Waals surface area contributed by atoms with E-state index in [0.29, 0.717) is 5.56 Å². The first-order chi connectivity index (χ1) is 10.0. The normalized spacial score (nSPS) is 21.3. The van der Waals surface area contributed by atoms with Gasteiger partial charge < -0.3 is 10.3 Å². The van der Waals surface area contributed by atoms with Crippen molar-refractivity contribution in [3.63, 3.8) is 0 Å². The molecule has 1 aliphatic rings. The molecule has 2 aromatic rings. The zero-order valence-corrected chi connectivity index (χ0v) is 12.1. The van der Waals surface area contributed by atoms with Crippen LogP contribution in [0.4, 0.5) is 0 Å². The highest BCUT2D eigenvalue weighted by Crippen LogP contribution is 2.40. The highest BCUT2D eigenvalue weighted by atomic mass is 16.5. The van der Waals surface area contributed by atoms with E-state index in [9.17, 15) is 10.3 Å². The van der Waals surface area contributed by atoms with Gasteiger partial charge in [0.1, 0.15) is 5.75 Å². The van der Waals surface area contributed by atoms with Gasteiger partial charge in [0.05, 0.1) is 11.3 Å². The highest BCUT2D eigenvalue weighted by molar-refractivity contribution is 6.08. The quantitative estimate of drug-likeness (QED) is 0.888. The van der Waals surface area contributed by atoms with E-state index in [1.807, 2.05) is 50.2 Å². The van der Waals surface area contributed by atoms with Crippen molar-refractivity contribution in [3.8, 4) is 5.75 Å². The number of para-hydroxylation sites is 1. The molecule has 2 aromatic carbocycles.